The van der Waals surface area contributed by atoms with Crippen molar-refractivity contribution in [3.63, 3.8) is 0 Å². The number of nitrogens with zero attached hydrogens (tertiary/aromatic N) is 3. The summed E-state index contributed by atoms with van der Waals surface area (Å²) in [5.41, 5.74) is 4.62. The fourth-order valence-electron chi connectivity index (χ4n) is 9.02. The van der Waals surface area contributed by atoms with Crippen LogP contribution in [0.25, 0.3) is 0 Å². The van der Waals surface area contributed by atoms with Gasteiger partial charge in [-0.1, -0.05) is 52.0 Å². The Hall–Kier alpha value is -5.83. The molecular weight excluding hydrogens is 791 g/mol. The van der Waals surface area contributed by atoms with E-state index in [-0.39, 0.29) is 53.7 Å². The van der Waals surface area contributed by atoms with Crippen LogP contribution in [0.3, 0.4) is 0 Å². The molecule has 15 heteroatoms. The average Bonchev–Trinajstić information content (AvgIpc) is 4.06. The lowest BCUT2D eigenvalue weighted by Gasteiger charge is -2.33. The number of hydrogen-bond acceptors (Lipinski definition) is 10. The monoisotopic (exact) mass is 853 g/mol. The second kappa shape index (κ2) is 20.8. The van der Waals surface area contributed by atoms with E-state index in [0.29, 0.717) is 31.6 Å². The van der Waals surface area contributed by atoms with Crippen LogP contribution in [-0.4, -0.2) is 105 Å². The molecule has 3 aromatic rings. The van der Waals surface area contributed by atoms with Gasteiger partial charge in [0.25, 0.3) is 0 Å². The van der Waals surface area contributed by atoms with Gasteiger partial charge < -0.3 is 45.3 Å². The molecule has 3 saturated heterocycles. The first-order valence-electron chi connectivity index (χ1n) is 21.8. The molecule has 0 bridgehead atoms. The molecule has 4 N–H and O–H groups in total. The second-order valence-electron chi connectivity index (χ2n) is 17.1. The second-order valence-corrected chi connectivity index (χ2v) is 17.1. The fraction of sp³-hybridized carbons (Fsp3) is 0.511. The van der Waals surface area contributed by atoms with Crippen LogP contribution >= 0.6 is 0 Å². The van der Waals surface area contributed by atoms with E-state index in [1.165, 1.54) is 14.2 Å². The molecule has 334 valence electrons. The summed E-state index contributed by atoms with van der Waals surface area (Å²) >= 11 is 0. The topological polar surface area (TPSA) is 171 Å². The summed E-state index contributed by atoms with van der Waals surface area (Å²) in [4.78, 5) is 70.9. The molecule has 62 heavy (non-hydrogen) atoms. The molecule has 0 radical (unpaired) electrons. The Morgan fingerprint density at radius 2 is 1.15 bits per heavy atom. The predicted molar refractivity (Wildman–Crippen MR) is 238 cm³/mol. The van der Waals surface area contributed by atoms with Crippen molar-refractivity contribution < 1.29 is 38.2 Å². The van der Waals surface area contributed by atoms with Gasteiger partial charge in [0.05, 0.1) is 39.5 Å². The number of nitrogens with one attached hydrogen (secondary N) is 4. The standard InChI is InChI=1S/C47H63N7O8/c1-29(2)37(50-46(58)61-6)28-52-26-8-10-40(52)43(55)48-33-16-12-31(13-17-33)38-24-25-39(54(38)35-20-22-36(60-5)23-21-35)32-14-18-34(19-15-32)49-44(56)41-11-9-27-53(41)45(57)42(30(3)4)51-47(59)62-7/h12-23,29-30,37-42H,8-11,24-28H2,1-7H3,(H,48,55)(H,49,56)(H,50,58)(H,51,59)/t37-,38?,39?,40+,41+,42+/m1/s1. The van der Waals surface area contributed by atoms with Crippen LogP contribution in [0.15, 0.2) is 72.8 Å². The van der Waals surface area contributed by atoms with Crippen LogP contribution in [0.5, 0.6) is 5.75 Å². The number of alkyl carbamates (subject to hydrolysis) is 2. The van der Waals surface area contributed by atoms with Crippen LogP contribution in [-0.2, 0) is 23.9 Å². The van der Waals surface area contributed by atoms with E-state index < -0.39 is 24.3 Å². The molecule has 5 amide bonds. The van der Waals surface area contributed by atoms with Crippen LogP contribution < -0.4 is 30.9 Å². The number of carbonyl (C=O) groups excluding carboxylic acids is 5. The van der Waals surface area contributed by atoms with Crippen LogP contribution in [0, 0.1) is 11.8 Å². The maximum Gasteiger partial charge on any atom is 0.407 e. The molecule has 2 unspecified atom stereocenters. The van der Waals surface area contributed by atoms with E-state index >= 15 is 0 Å². The number of hydrogen-bond donors (Lipinski definition) is 4. The summed E-state index contributed by atoms with van der Waals surface area (Å²) in [5, 5.41) is 11.7. The predicted octanol–water partition coefficient (Wildman–Crippen LogP) is 6.87. The zero-order chi connectivity index (χ0) is 44.5. The van der Waals surface area contributed by atoms with Crippen molar-refractivity contribution in [3.8, 4) is 5.75 Å². The van der Waals surface area contributed by atoms with E-state index in [1.54, 1.807) is 12.0 Å². The van der Waals surface area contributed by atoms with Crippen molar-refractivity contribution >= 4 is 47.0 Å². The number of benzene rings is 3. The summed E-state index contributed by atoms with van der Waals surface area (Å²) < 4.78 is 15.0. The van der Waals surface area contributed by atoms with E-state index in [9.17, 15) is 24.0 Å². The highest BCUT2D eigenvalue weighted by molar-refractivity contribution is 5.99. The molecule has 15 nitrogen and oxygen atoms in total. The van der Waals surface area contributed by atoms with Gasteiger partial charge in [-0.25, -0.2) is 9.59 Å². The Balaban J connectivity index is 1.13. The number of anilines is 3. The Bertz CT molecular complexity index is 2010. The molecular formula is C47H63N7O8. The summed E-state index contributed by atoms with van der Waals surface area (Å²) in [7, 11) is 4.26. The molecule has 0 aliphatic carbocycles. The highest BCUT2D eigenvalue weighted by Crippen LogP contribution is 2.47. The number of ether oxygens (including phenoxy) is 3. The van der Waals surface area contributed by atoms with Gasteiger partial charge in [-0.05, 0) is 117 Å². The normalized spacial score (nSPS) is 21.0. The molecule has 3 aliphatic heterocycles. The van der Waals surface area contributed by atoms with Crippen molar-refractivity contribution in [1.82, 2.24) is 20.4 Å². The van der Waals surface area contributed by atoms with Gasteiger partial charge >= 0.3 is 12.2 Å². The number of methoxy groups -OCH3 is 3. The lowest BCUT2D eigenvalue weighted by atomic mass is 10.0. The maximum absolute atomic E-state index is 13.6. The highest BCUT2D eigenvalue weighted by atomic mass is 16.5. The first-order valence-corrected chi connectivity index (χ1v) is 21.8. The number of likely N-dealkylation sites (tertiary alicyclic amines) is 2. The molecule has 0 saturated carbocycles. The molecule has 0 spiro atoms. The number of rotatable bonds is 15. The lowest BCUT2D eigenvalue weighted by Crippen LogP contribution is -2.54. The Morgan fingerprint density at radius 3 is 1.66 bits per heavy atom. The van der Waals surface area contributed by atoms with Gasteiger partial charge in [-0.15, -0.1) is 0 Å². The van der Waals surface area contributed by atoms with E-state index in [1.807, 2.05) is 76.2 Å². The van der Waals surface area contributed by atoms with Gasteiger partial charge in [0, 0.05) is 36.2 Å². The van der Waals surface area contributed by atoms with Gasteiger partial charge in [0.2, 0.25) is 17.7 Å². The molecule has 3 aliphatic rings. The highest BCUT2D eigenvalue weighted by Gasteiger charge is 2.40. The summed E-state index contributed by atoms with van der Waals surface area (Å²) in [5.74, 6) is 0.119. The van der Waals surface area contributed by atoms with E-state index in [4.69, 9.17) is 14.2 Å². The van der Waals surface area contributed by atoms with Crippen molar-refractivity contribution in [2.45, 2.75) is 102 Å². The Kier molecular flexibility index (Phi) is 15.3. The van der Waals surface area contributed by atoms with Crippen molar-refractivity contribution in [3.05, 3.63) is 83.9 Å². The maximum atomic E-state index is 13.6. The summed E-state index contributed by atoms with van der Waals surface area (Å²) in [6.45, 7) is 9.55. The minimum absolute atomic E-state index is 0.0347. The minimum Gasteiger partial charge on any atom is -0.497 e. The van der Waals surface area contributed by atoms with Crippen LogP contribution in [0.1, 0.15) is 89.4 Å². The molecule has 3 fully saturated rings. The van der Waals surface area contributed by atoms with Crippen LogP contribution in [0.4, 0.5) is 26.7 Å². The smallest absolute Gasteiger partial charge is 0.407 e. The van der Waals surface area contributed by atoms with Crippen molar-refractivity contribution in [2.75, 3.05) is 56.5 Å². The van der Waals surface area contributed by atoms with Gasteiger partial charge in [-0.3, -0.25) is 19.3 Å². The Labute approximate surface area is 365 Å². The van der Waals surface area contributed by atoms with Crippen molar-refractivity contribution in [2.24, 2.45) is 11.8 Å². The third-order valence-electron chi connectivity index (χ3n) is 12.5. The zero-order valence-electron chi connectivity index (χ0n) is 37.0. The Morgan fingerprint density at radius 1 is 0.629 bits per heavy atom. The first kappa shape index (κ1) is 45.7. The summed E-state index contributed by atoms with van der Waals surface area (Å²) in [6.07, 6.45) is 3.48. The summed E-state index contributed by atoms with van der Waals surface area (Å²) in [6, 6.07) is 22.3. The number of carbonyl (C=O) groups is 5. The molecule has 0 aromatic heterocycles. The third-order valence-corrected chi connectivity index (χ3v) is 12.5. The molecule has 6 rings (SSSR count). The zero-order valence-corrected chi connectivity index (χ0v) is 37.0. The van der Waals surface area contributed by atoms with E-state index in [2.05, 4.69) is 55.3 Å². The largest absolute Gasteiger partial charge is 0.497 e. The minimum atomic E-state index is -0.806. The van der Waals surface area contributed by atoms with E-state index in [0.717, 1.165) is 60.5 Å². The van der Waals surface area contributed by atoms with Crippen LogP contribution in [0.2, 0.25) is 0 Å². The average molecular weight is 854 g/mol. The quantitative estimate of drug-likeness (QED) is 0.127. The first-order chi connectivity index (χ1) is 29.8. The fourth-order valence-corrected chi connectivity index (χ4v) is 9.02. The molecule has 3 aromatic carbocycles. The van der Waals surface area contributed by atoms with Crippen molar-refractivity contribution in [1.29, 1.82) is 0 Å². The van der Waals surface area contributed by atoms with Gasteiger partial charge in [-0.2, -0.15) is 0 Å². The van der Waals surface area contributed by atoms with Gasteiger partial charge in [0.1, 0.15) is 17.8 Å². The molecule has 3 heterocycles. The lowest BCUT2D eigenvalue weighted by molar-refractivity contribution is -0.139. The number of amides is 5. The SMILES string of the molecule is COC(=O)N[C@H](C(=O)N1CCC[C@H]1C(=O)Nc1ccc(C2CCC(c3ccc(NC(=O)[C@@H]4CCCN4C[C@@H](NC(=O)OC)C(C)C)cc3)N2c2ccc(OC)cc2)cc1)C(C)C. The van der Waals surface area contributed by atoms with Gasteiger partial charge in [0.15, 0.2) is 0 Å². The molecule has 6 atom stereocenters. The third kappa shape index (κ3) is 10.8.